The van der Waals surface area contributed by atoms with Gasteiger partial charge in [0.05, 0.1) is 17.2 Å². The van der Waals surface area contributed by atoms with Crippen molar-refractivity contribution in [2.24, 2.45) is 0 Å². The zero-order chi connectivity index (χ0) is 27.4. The van der Waals surface area contributed by atoms with E-state index in [0.29, 0.717) is 23.1 Å². The smallest absolute Gasteiger partial charge is 0.269 e. The van der Waals surface area contributed by atoms with Gasteiger partial charge >= 0.3 is 0 Å². The maximum absolute atomic E-state index is 13.0. The maximum atomic E-state index is 13.0. The lowest BCUT2D eigenvalue weighted by Gasteiger charge is -2.25. The van der Waals surface area contributed by atoms with Gasteiger partial charge in [-0.2, -0.15) is 0 Å². The van der Waals surface area contributed by atoms with Crippen LogP contribution in [-0.2, 0) is 12.8 Å². The van der Waals surface area contributed by atoms with Crippen molar-refractivity contribution < 1.29 is 14.4 Å². The summed E-state index contributed by atoms with van der Waals surface area (Å²) in [5.41, 5.74) is 8.73. The van der Waals surface area contributed by atoms with Crippen LogP contribution in [0.4, 0.5) is 0 Å². The number of benzene rings is 3. The van der Waals surface area contributed by atoms with E-state index >= 15 is 0 Å². The number of thiocarbonyl (C=S) groups is 1. The van der Waals surface area contributed by atoms with Crippen LogP contribution < -0.4 is 16.2 Å². The average molecular weight is 538 g/mol. The SMILES string of the molecule is CCc1cncc2ccc(C(=O)NNC(=S)N[C@H](Cc3ccccc3)CN3C(=O)c4ccccc4C3=O)cc12. The summed E-state index contributed by atoms with van der Waals surface area (Å²) in [6, 6.07) is 21.5. The number of carbonyl (C=O) groups is 3. The Bertz CT molecular complexity index is 1540. The molecular formula is C30H27N5O3S. The second kappa shape index (κ2) is 11.4. The fraction of sp³-hybridized carbons (Fsp3) is 0.167. The summed E-state index contributed by atoms with van der Waals surface area (Å²) in [4.78, 5) is 44.3. The Morgan fingerprint density at radius 3 is 2.31 bits per heavy atom. The van der Waals surface area contributed by atoms with Crippen LogP contribution in [0.5, 0.6) is 0 Å². The third-order valence-corrected chi connectivity index (χ3v) is 6.94. The second-order valence-corrected chi connectivity index (χ2v) is 9.70. The molecule has 1 aliphatic heterocycles. The largest absolute Gasteiger partial charge is 0.356 e. The molecule has 1 aromatic heterocycles. The van der Waals surface area contributed by atoms with Crippen LogP contribution in [0.25, 0.3) is 10.8 Å². The molecule has 0 saturated heterocycles. The Balaban J connectivity index is 1.27. The number of fused-ring (bicyclic) bond motifs is 2. The van der Waals surface area contributed by atoms with Gasteiger partial charge in [-0.25, -0.2) is 0 Å². The molecule has 1 aliphatic rings. The van der Waals surface area contributed by atoms with Gasteiger partial charge in [0.1, 0.15) is 0 Å². The molecule has 0 bridgehead atoms. The summed E-state index contributed by atoms with van der Waals surface area (Å²) in [7, 11) is 0. The molecule has 5 rings (SSSR count). The molecule has 2 heterocycles. The Morgan fingerprint density at radius 1 is 0.923 bits per heavy atom. The lowest BCUT2D eigenvalue weighted by Crippen LogP contribution is -2.53. The topological polar surface area (TPSA) is 103 Å². The molecule has 0 radical (unpaired) electrons. The van der Waals surface area contributed by atoms with E-state index in [1.807, 2.05) is 55.6 Å². The minimum atomic E-state index is -0.396. The standard InChI is InChI=1S/C30H27N5O3S/c1-2-20-16-31-17-22-13-12-21(15-26(20)22)27(36)33-34-30(39)32-23(14-19-8-4-3-5-9-19)18-35-28(37)24-10-6-7-11-25(24)29(35)38/h3-13,15-17,23H,2,14,18H2,1H3,(H,33,36)(H2,32,34,39)/t23-/m1/s1. The van der Waals surface area contributed by atoms with Crippen molar-refractivity contribution in [1.29, 1.82) is 0 Å². The summed E-state index contributed by atoms with van der Waals surface area (Å²) in [6.07, 6.45) is 4.89. The first kappa shape index (κ1) is 26.0. The molecule has 0 fully saturated rings. The Labute approximate surface area is 231 Å². The number of aromatic nitrogens is 1. The summed E-state index contributed by atoms with van der Waals surface area (Å²) in [5, 5.41) is 5.28. The van der Waals surface area contributed by atoms with Crippen molar-refractivity contribution in [3.05, 3.63) is 113 Å². The molecular weight excluding hydrogens is 510 g/mol. The highest BCUT2D eigenvalue weighted by atomic mass is 32.1. The molecule has 9 heteroatoms. The van der Waals surface area contributed by atoms with Gasteiger partial charge in [0.2, 0.25) is 0 Å². The van der Waals surface area contributed by atoms with E-state index in [1.165, 1.54) is 4.90 Å². The van der Waals surface area contributed by atoms with E-state index in [2.05, 4.69) is 21.2 Å². The third-order valence-electron chi connectivity index (χ3n) is 6.72. The van der Waals surface area contributed by atoms with Gasteiger partial charge < -0.3 is 5.32 Å². The molecule has 0 saturated carbocycles. The number of aryl methyl sites for hydroxylation is 1. The zero-order valence-electron chi connectivity index (χ0n) is 21.3. The fourth-order valence-electron chi connectivity index (χ4n) is 4.74. The normalized spacial score (nSPS) is 13.2. The van der Waals surface area contributed by atoms with Crippen LogP contribution in [0, 0.1) is 0 Å². The molecule has 39 heavy (non-hydrogen) atoms. The van der Waals surface area contributed by atoms with Crippen LogP contribution in [0.1, 0.15) is 49.1 Å². The lowest BCUT2D eigenvalue weighted by atomic mass is 10.0. The first-order valence-electron chi connectivity index (χ1n) is 12.7. The monoisotopic (exact) mass is 537 g/mol. The average Bonchev–Trinajstić information content (AvgIpc) is 3.20. The van der Waals surface area contributed by atoms with Gasteiger partial charge in [0.25, 0.3) is 17.7 Å². The molecule has 0 aliphatic carbocycles. The van der Waals surface area contributed by atoms with Gasteiger partial charge in [0.15, 0.2) is 5.11 Å². The van der Waals surface area contributed by atoms with E-state index < -0.39 is 6.04 Å². The number of hydrogen-bond donors (Lipinski definition) is 3. The number of carbonyl (C=O) groups excluding carboxylic acids is 3. The molecule has 8 nitrogen and oxygen atoms in total. The number of amides is 3. The lowest BCUT2D eigenvalue weighted by molar-refractivity contribution is 0.0641. The number of hydrogen-bond acceptors (Lipinski definition) is 5. The van der Waals surface area contributed by atoms with E-state index in [9.17, 15) is 14.4 Å². The summed E-state index contributed by atoms with van der Waals surface area (Å²) < 4.78 is 0. The number of pyridine rings is 1. The van der Waals surface area contributed by atoms with Crippen LogP contribution >= 0.6 is 12.2 Å². The van der Waals surface area contributed by atoms with Crippen molar-refractivity contribution in [3.63, 3.8) is 0 Å². The first-order valence-corrected chi connectivity index (χ1v) is 13.1. The molecule has 3 aromatic carbocycles. The van der Waals surface area contributed by atoms with Gasteiger partial charge in [0, 0.05) is 29.9 Å². The van der Waals surface area contributed by atoms with E-state index in [1.54, 1.807) is 36.5 Å². The number of rotatable bonds is 7. The molecule has 4 aromatic rings. The Hall–Kier alpha value is -4.63. The molecule has 0 spiro atoms. The molecule has 196 valence electrons. The van der Waals surface area contributed by atoms with Crippen LogP contribution in [0.15, 0.2) is 85.2 Å². The summed E-state index contributed by atoms with van der Waals surface area (Å²) in [6.45, 7) is 2.15. The quantitative estimate of drug-likeness (QED) is 0.187. The first-order chi connectivity index (χ1) is 18.9. The van der Waals surface area contributed by atoms with Crippen molar-refractivity contribution in [2.45, 2.75) is 25.8 Å². The highest BCUT2D eigenvalue weighted by Crippen LogP contribution is 2.23. The summed E-state index contributed by atoms with van der Waals surface area (Å²) >= 11 is 5.47. The zero-order valence-corrected chi connectivity index (χ0v) is 22.1. The highest BCUT2D eigenvalue weighted by molar-refractivity contribution is 7.80. The summed E-state index contributed by atoms with van der Waals surface area (Å²) in [5.74, 6) is -1.01. The van der Waals surface area contributed by atoms with Gasteiger partial charge in [-0.3, -0.25) is 35.1 Å². The number of nitrogens with one attached hydrogen (secondary N) is 3. The van der Waals surface area contributed by atoms with E-state index in [0.717, 1.165) is 28.3 Å². The van der Waals surface area contributed by atoms with Gasteiger partial charge in [-0.05, 0) is 65.8 Å². The number of hydrazine groups is 1. The molecule has 0 unspecified atom stereocenters. The predicted molar refractivity (Wildman–Crippen MR) is 153 cm³/mol. The molecule has 3 amide bonds. The van der Waals surface area contributed by atoms with Crippen LogP contribution in [-0.4, -0.2) is 45.3 Å². The Morgan fingerprint density at radius 2 is 1.62 bits per heavy atom. The van der Waals surface area contributed by atoms with Crippen molar-refractivity contribution >= 4 is 45.8 Å². The molecule has 1 atom stereocenters. The van der Waals surface area contributed by atoms with Crippen molar-refractivity contribution in [3.8, 4) is 0 Å². The van der Waals surface area contributed by atoms with Crippen LogP contribution in [0.2, 0.25) is 0 Å². The second-order valence-electron chi connectivity index (χ2n) is 9.29. The number of nitrogens with zero attached hydrogens (tertiary/aromatic N) is 2. The van der Waals surface area contributed by atoms with E-state index in [-0.39, 0.29) is 29.4 Å². The highest BCUT2D eigenvalue weighted by Gasteiger charge is 2.36. The minimum Gasteiger partial charge on any atom is -0.356 e. The molecule has 3 N–H and O–H groups in total. The Kier molecular flexibility index (Phi) is 7.60. The number of imide groups is 1. The van der Waals surface area contributed by atoms with Crippen LogP contribution in [0.3, 0.4) is 0 Å². The predicted octanol–water partition coefficient (Wildman–Crippen LogP) is 3.81. The maximum Gasteiger partial charge on any atom is 0.269 e. The van der Waals surface area contributed by atoms with Gasteiger partial charge in [-0.15, -0.1) is 0 Å². The third kappa shape index (κ3) is 5.63. The van der Waals surface area contributed by atoms with Gasteiger partial charge in [-0.1, -0.05) is 55.5 Å². The fourth-order valence-corrected chi connectivity index (χ4v) is 4.96. The van der Waals surface area contributed by atoms with E-state index in [4.69, 9.17) is 12.2 Å². The van der Waals surface area contributed by atoms with Crippen molar-refractivity contribution in [1.82, 2.24) is 26.1 Å². The minimum absolute atomic E-state index is 0.107. The van der Waals surface area contributed by atoms with Crippen molar-refractivity contribution in [2.75, 3.05) is 6.54 Å².